The minimum atomic E-state index is -2.85. The van der Waals surface area contributed by atoms with Crippen molar-refractivity contribution in [1.29, 1.82) is 0 Å². The van der Waals surface area contributed by atoms with Crippen LogP contribution >= 0.6 is 0 Å². The van der Waals surface area contributed by atoms with Crippen molar-refractivity contribution < 1.29 is 21.9 Å². The lowest BCUT2D eigenvalue weighted by molar-refractivity contribution is 0.122. The van der Waals surface area contributed by atoms with Gasteiger partial charge in [-0.05, 0) is 24.6 Å². The summed E-state index contributed by atoms with van der Waals surface area (Å²) >= 11 is 0. The molecule has 0 radical (unpaired) electrons. The lowest BCUT2D eigenvalue weighted by Crippen LogP contribution is -2.37. The first kappa shape index (κ1) is 25.8. The van der Waals surface area contributed by atoms with Gasteiger partial charge in [-0.15, -0.1) is 0 Å². The highest BCUT2D eigenvalue weighted by Gasteiger charge is 2.22. The second-order valence-corrected chi connectivity index (χ2v) is 9.33. The highest BCUT2D eigenvalue weighted by molar-refractivity contribution is 7.70. The first-order valence-corrected chi connectivity index (χ1v) is 13.0. The maximum absolute atomic E-state index is 15.5. The van der Waals surface area contributed by atoms with Crippen LogP contribution in [0.5, 0.6) is 0 Å². The van der Waals surface area contributed by atoms with Gasteiger partial charge in [-0.1, -0.05) is 12.1 Å². The molecule has 1 fully saturated rings. The van der Waals surface area contributed by atoms with Crippen LogP contribution in [0.4, 0.5) is 20.5 Å². The molecule has 1 unspecified atom stereocenters. The molecule has 1 atom stereocenters. The normalized spacial score (nSPS) is 14.8. The molecule has 0 aliphatic carbocycles. The van der Waals surface area contributed by atoms with E-state index in [1.165, 1.54) is 30.6 Å². The SMILES string of the molecule is Nc1ncc(-c2nc(N3CCOCC3)c3nc(-c4cccc(C(F)CCN[SH](=O)=O)c4F)ccc3n2)cn1. The van der Waals surface area contributed by atoms with Gasteiger partial charge in [-0.3, -0.25) is 0 Å². The summed E-state index contributed by atoms with van der Waals surface area (Å²) < 4.78 is 59.2. The van der Waals surface area contributed by atoms with Crippen LogP contribution < -0.4 is 15.4 Å². The highest BCUT2D eigenvalue weighted by atomic mass is 32.2. The maximum Gasteiger partial charge on any atom is 0.219 e. The Hall–Kier alpha value is -3.88. The number of hydrogen-bond donors (Lipinski definition) is 3. The Labute approximate surface area is 218 Å². The Bertz CT molecular complexity index is 1520. The van der Waals surface area contributed by atoms with E-state index < -0.39 is 22.9 Å². The van der Waals surface area contributed by atoms with Gasteiger partial charge in [0.05, 0.1) is 30.0 Å². The summed E-state index contributed by atoms with van der Waals surface area (Å²) in [6.07, 6.45) is 1.16. The quantitative estimate of drug-likeness (QED) is 0.283. The van der Waals surface area contributed by atoms with Gasteiger partial charge in [-0.25, -0.2) is 46.8 Å². The van der Waals surface area contributed by atoms with Crippen molar-refractivity contribution in [3.05, 3.63) is 54.1 Å². The van der Waals surface area contributed by atoms with E-state index in [1.807, 2.05) is 4.90 Å². The Kier molecular flexibility index (Phi) is 7.62. The topological polar surface area (TPSA) is 149 Å². The molecule has 198 valence electrons. The van der Waals surface area contributed by atoms with Crippen LogP contribution in [-0.2, 0) is 15.6 Å². The van der Waals surface area contributed by atoms with E-state index in [2.05, 4.69) is 19.7 Å². The number of nitrogens with zero attached hydrogens (tertiary/aromatic N) is 6. The monoisotopic (exact) mass is 542 g/mol. The van der Waals surface area contributed by atoms with Crippen molar-refractivity contribution in [3.8, 4) is 22.6 Å². The third-order valence-electron chi connectivity index (χ3n) is 6.05. The molecule has 4 aromatic rings. The summed E-state index contributed by atoms with van der Waals surface area (Å²) in [6.45, 7) is 2.03. The molecular formula is C24H24F2N8O3S. The number of thiol groups is 1. The van der Waals surface area contributed by atoms with E-state index in [9.17, 15) is 12.8 Å². The second kappa shape index (κ2) is 11.2. The van der Waals surface area contributed by atoms with Crippen molar-refractivity contribution in [2.24, 2.45) is 0 Å². The van der Waals surface area contributed by atoms with Gasteiger partial charge in [0.1, 0.15) is 17.5 Å². The minimum absolute atomic E-state index is 0.110. The zero-order valence-corrected chi connectivity index (χ0v) is 20.9. The standard InChI is InChI=1S/C24H24F2N8O3S/c25-17(6-7-30-38(35)36)15-2-1-3-16(20(15)26)18-4-5-19-21(31-18)23(34-8-10-37-11-9-34)33-22(32-19)14-12-28-24(27)29-13-14/h1-5,12-13,17,38H,6-11H2,(H2,27,28,29)(H,30,35,36). The summed E-state index contributed by atoms with van der Waals surface area (Å²) in [6, 6.07) is 7.71. The van der Waals surface area contributed by atoms with Gasteiger partial charge in [0.25, 0.3) is 0 Å². The highest BCUT2D eigenvalue weighted by Crippen LogP contribution is 2.33. The predicted octanol–water partition coefficient (Wildman–Crippen LogP) is 2.22. The number of morpholine rings is 1. The van der Waals surface area contributed by atoms with Gasteiger partial charge >= 0.3 is 0 Å². The number of benzene rings is 1. The molecular weight excluding hydrogens is 518 g/mol. The molecule has 0 saturated carbocycles. The first-order chi connectivity index (χ1) is 18.4. The number of anilines is 2. The largest absolute Gasteiger partial charge is 0.378 e. The third-order valence-corrected chi connectivity index (χ3v) is 6.53. The van der Waals surface area contributed by atoms with Crippen molar-refractivity contribution in [1.82, 2.24) is 29.6 Å². The number of ether oxygens (including phenoxy) is 1. The average molecular weight is 543 g/mol. The molecule has 1 aliphatic rings. The summed E-state index contributed by atoms with van der Waals surface area (Å²) in [5.41, 5.74) is 7.39. The molecule has 38 heavy (non-hydrogen) atoms. The van der Waals surface area contributed by atoms with Crippen LogP contribution in [0.15, 0.2) is 42.7 Å². The molecule has 4 heterocycles. The van der Waals surface area contributed by atoms with Crippen molar-refractivity contribution in [2.45, 2.75) is 12.6 Å². The Morgan fingerprint density at radius 3 is 2.58 bits per heavy atom. The van der Waals surface area contributed by atoms with Crippen LogP contribution in [0.1, 0.15) is 18.2 Å². The summed E-state index contributed by atoms with van der Waals surface area (Å²) in [5.74, 6) is 0.300. The Morgan fingerprint density at radius 2 is 1.84 bits per heavy atom. The molecule has 1 aromatic carbocycles. The van der Waals surface area contributed by atoms with Gasteiger partial charge < -0.3 is 15.4 Å². The predicted molar refractivity (Wildman–Crippen MR) is 138 cm³/mol. The van der Waals surface area contributed by atoms with Crippen molar-refractivity contribution in [3.63, 3.8) is 0 Å². The molecule has 0 spiro atoms. The number of nitrogens with one attached hydrogen (secondary N) is 1. The fourth-order valence-electron chi connectivity index (χ4n) is 4.15. The number of aromatic nitrogens is 5. The number of nitrogens with two attached hydrogens (primary N) is 1. The van der Waals surface area contributed by atoms with E-state index in [1.54, 1.807) is 12.1 Å². The number of fused-ring (bicyclic) bond motifs is 1. The van der Waals surface area contributed by atoms with Crippen LogP contribution in [0.2, 0.25) is 0 Å². The molecule has 14 heteroatoms. The second-order valence-electron chi connectivity index (χ2n) is 8.49. The van der Waals surface area contributed by atoms with Crippen molar-refractivity contribution in [2.75, 3.05) is 43.5 Å². The number of nitrogen functional groups attached to an aromatic ring is 1. The number of halogens is 2. The molecule has 1 aliphatic heterocycles. The zero-order chi connectivity index (χ0) is 26.6. The van der Waals surface area contributed by atoms with E-state index in [0.717, 1.165) is 0 Å². The summed E-state index contributed by atoms with van der Waals surface area (Å²) in [7, 11) is -2.85. The third kappa shape index (κ3) is 5.51. The number of pyridine rings is 1. The van der Waals surface area contributed by atoms with Gasteiger partial charge in [0.2, 0.25) is 16.8 Å². The lowest BCUT2D eigenvalue weighted by Gasteiger charge is -2.28. The van der Waals surface area contributed by atoms with E-state index in [0.29, 0.717) is 54.5 Å². The summed E-state index contributed by atoms with van der Waals surface area (Å²) in [5, 5.41) is 0. The molecule has 3 N–H and O–H groups in total. The molecule has 11 nitrogen and oxygen atoms in total. The van der Waals surface area contributed by atoms with E-state index in [4.69, 9.17) is 20.4 Å². The number of hydrogen-bond acceptors (Lipinski definition) is 10. The molecule has 3 aromatic heterocycles. The lowest BCUT2D eigenvalue weighted by atomic mass is 10.0. The number of alkyl halides is 1. The molecule has 0 bridgehead atoms. The van der Waals surface area contributed by atoms with Gasteiger partial charge in [0.15, 0.2) is 11.6 Å². The van der Waals surface area contributed by atoms with E-state index in [-0.39, 0.29) is 35.7 Å². The first-order valence-electron chi connectivity index (χ1n) is 11.8. The minimum Gasteiger partial charge on any atom is -0.378 e. The zero-order valence-electron chi connectivity index (χ0n) is 20.0. The molecule has 0 amide bonds. The van der Waals surface area contributed by atoms with Gasteiger partial charge in [0, 0.05) is 43.2 Å². The maximum atomic E-state index is 15.5. The molecule has 1 saturated heterocycles. The van der Waals surface area contributed by atoms with Crippen molar-refractivity contribution >= 4 is 33.7 Å². The smallest absolute Gasteiger partial charge is 0.219 e. The Morgan fingerprint density at radius 1 is 1.08 bits per heavy atom. The van der Waals surface area contributed by atoms with Crippen LogP contribution in [0.25, 0.3) is 33.7 Å². The molecule has 5 rings (SSSR count). The van der Waals surface area contributed by atoms with Crippen LogP contribution in [-0.4, -0.2) is 66.2 Å². The fourth-order valence-corrected chi connectivity index (χ4v) is 4.47. The fraction of sp³-hybridized carbons (Fsp3) is 0.292. The summed E-state index contributed by atoms with van der Waals surface area (Å²) in [4.78, 5) is 24.1. The number of rotatable bonds is 8. The average Bonchev–Trinajstić information content (AvgIpc) is 2.93. The van der Waals surface area contributed by atoms with E-state index >= 15 is 4.39 Å². The van der Waals surface area contributed by atoms with Gasteiger partial charge in [-0.2, -0.15) is 0 Å². The Balaban J connectivity index is 1.56. The van der Waals surface area contributed by atoms with Crippen LogP contribution in [0.3, 0.4) is 0 Å². The van der Waals surface area contributed by atoms with Crippen LogP contribution in [0, 0.1) is 5.82 Å².